The molecule has 3 aliphatic rings. The molecule has 0 saturated carbocycles. The van der Waals surface area contributed by atoms with Crippen LogP contribution < -0.4 is 10.1 Å². The Morgan fingerprint density at radius 1 is 1.02 bits per heavy atom. The molecule has 6 rings (SSSR count). The molecule has 0 bridgehead atoms. The number of amides is 1. The van der Waals surface area contributed by atoms with Crippen LogP contribution >= 0.6 is 0 Å². The molecule has 3 aliphatic heterocycles. The number of hydrogen-bond acceptors (Lipinski definition) is 9. The van der Waals surface area contributed by atoms with Crippen LogP contribution in [0.25, 0.3) is 0 Å². The number of rotatable bonds is 9. The Labute approximate surface area is 265 Å². The molecule has 0 unspecified atom stereocenters. The SMILES string of the molecule is COc1cc(C(=O)N2CCC(N3CCCCC3)CC2)ccc1Cc1nc2c(c(Nc3ccccc3S(=O)(=O)C(C)C)n1)N=CC2. The summed E-state index contributed by atoms with van der Waals surface area (Å²) in [6.45, 7) is 7.24. The monoisotopic (exact) mass is 630 g/mol. The number of benzene rings is 2. The highest BCUT2D eigenvalue weighted by atomic mass is 32.2. The van der Waals surface area contributed by atoms with Gasteiger partial charge in [-0.25, -0.2) is 18.4 Å². The maximum absolute atomic E-state index is 13.5. The Morgan fingerprint density at radius 3 is 2.51 bits per heavy atom. The topological polar surface area (TPSA) is 117 Å². The van der Waals surface area contributed by atoms with Crippen molar-refractivity contribution < 1.29 is 17.9 Å². The van der Waals surface area contributed by atoms with Crippen LogP contribution in [0.4, 0.5) is 17.2 Å². The largest absolute Gasteiger partial charge is 0.496 e. The quantitative estimate of drug-likeness (QED) is 0.336. The summed E-state index contributed by atoms with van der Waals surface area (Å²) in [7, 11) is -1.93. The minimum absolute atomic E-state index is 0.0318. The summed E-state index contributed by atoms with van der Waals surface area (Å²) in [5.41, 5.74) is 3.28. The molecule has 0 atom stereocenters. The Kier molecular flexibility index (Phi) is 9.18. The van der Waals surface area contributed by atoms with Gasteiger partial charge in [-0.1, -0.05) is 24.6 Å². The number of nitrogens with one attached hydrogen (secondary N) is 1. The maximum Gasteiger partial charge on any atom is 0.253 e. The smallest absolute Gasteiger partial charge is 0.253 e. The van der Waals surface area contributed by atoms with Crippen molar-refractivity contribution in [1.29, 1.82) is 0 Å². The lowest BCUT2D eigenvalue weighted by Gasteiger charge is -2.40. The predicted molar refractivity (Wildman–Crippen MR) is 176 cm³/mol. The Hall–Kier alpha value is -3.83. The van der Waals surface area contributed by atoms with Gasteiger partial charge in [0.15, 0.2) is 15.7 Å². The lowest BCUT2D eigenvalue weighted by atomic mass is 9.99. The van der Waals surface area contributed by atoms with Crippen molar-refractivity contribution in [2.75, 3.05) is 38.6 Å². The predicted octanol–water partition coefficient (Wildman–Crippen LogP) is 5.35. The van der Waals surface area contributed by atoms with Crippen LogP contribution in [0.3, 0.4) is 0 Å². The number of aliphatic imine (C=N–C) groups is 1. The number of sulfone groups is 1. The van der Waals surface area contributed by atoms with E-state index in [0.29, 0.717) is 53.2 Å². The number of ether oxygens (including phenoxy) is 1. The number of methoxy groups -OCH3 is 1. The van der Waals surface area contributed by atoms with Crippen LogP contribution in [-0.2, 0) is 22.7 Å². The average molecular weight is 631 g/mol. The standard InChI is InChI=1S/C34H42N6O4S/c1-23(2)45(42,43)30-10-6-5-9-27(30)37-33-32-28(13-16-35-32)36-31(38-33)22-24-11-12-25(21-29(24)44-3)34(41)40-19-14-26(15-20-40)39-17-7-4-8-18-39/h5-6,9-12,16,21,23,26H,4,7-8,13-15,17-20,22H2,1-3H3,(H,36,37,38). The first-order chi connectivity index (χ1) is 21.7. The number of piperidine rings is 2. The number of para-hydroxylation sites is 1. The fraction of sp³-hybridized carbons (Fsp3) is 0.471. The summed E-state index contributed by atoms with van der Waals surface area (Å²) < 4.78 is 31.9. The van der Waals surface area contributed by atoms with E-state index in [1.165, 1.54) is 32.4 Å². The Morgan fingerprint density at radius 2 is 1.78 bits per heavy atom. The summed E-state index contributed by atoms with van der Waals surface area (Å²) in [6, 6.07) is 13.0. The van der Waals surface area contributed by atoms with Crippen LogP contribution in [0.2, 0.25) is 0 Å². The molecule has 10 nitrogen and oxygen atoms in total. The van der Waals surface area contributed by atoms with Gasteiger partial charge in [0.25, 0.3) is 5.91 Å². The first kappa shape index (κ1) is 31.2. The number of anilines is 2. The molecule has 45 heavy (non-hydrogen) atoms. The first-order valence-electron chi connectivity index (χ1n) is 16.0. The minimum Gasteiger partial charge on any atom is -0.496 e. The Balaban J connectivity index is 1.20. The molecule has 11 heteroatoms. The lowest BCUT2D eigenvalue weighted by molar-refractivity contribution is 0.0589. The molecule has 4 heterocycles. The summed E-state index contributed by atoms with van der Waals surface area (Å²) >= 11 is 0. The molecule has 3 aromatic rings. The molecule has 2 saturated heterocycles. The number of likely N-dealkylation sites (tertiary alicyclic amines) is 2. The fourth-order valence-electron chi connectivity index (χ4n) is 6.51. The van der Waals surface area contributed by atoms with Crippen molar-refractivity contribution in [3.05, 3.63) is 65.1 Å². The van der Waals surface area contributed by atoms with Gasteiger partial charge in [-0.2, -0.15) is 0 Å². The highest BCUT2D eigenvalue weighted by molar-refractivity contribution is 7.92. The van der Waals surface area contributed by atoms with Crippen molar-refractivity contribution in [3.8, 4) is 5.75 Å². The molecule has 0 spiro atoms. The highest BCUT2D eigenvalue weighted by Crippen LogP contribution is 2.36. The van der Waals surface area contributed by atoms with E-state index < -0.39 is 15.1 Å². The molecule has 1 aromatic heterocycles. The normalized spacial score (nSPS) is 17.5. The van der Waals surface area contributed by atoms with E-state index in [1.54, 1.807) is 51.4 Å². The van der Waals surface area contributed by atoms with E-state index in [9.17, 15) is 13.2 Å². The number of nitrogens with zero attached hydrogens (tertiary/aromatic N) is 5. The molecule has 0 aliphatic carbocycles. The second kappa shape index (κ2) is 13.3. The van der Waals surface area contributed by atoms with E-state index in [2.05, 4.69) is 15.2 Å². The maximum atomic E-state index is 13.5. The Bertz CT molecular complexity index is 1690. The van der Waals surface area contributed by atoms with E-state index in [1.807, 2.05) is 23.1 Å². The molecular weight excluding hydrogens is 588 g/mol. The van der Waals surface area contributed by atoms with Gasteiger partial charge in [-0.15, -0.1) is 0 Å². The zero-order chi connectivity index (χ0) is 31.6. The minimum atomic E-state index is -3.53. The number of aromatic nitrogens is 2. The second-order valence-electron chi connectivity index (χ2n) is 12.3. The van der Waals surface area contributed by atoms with Gasteiger partial charge in [0.05, 0.1) is 28.6 Å². The van der Waals surface area contributed by atoms with Gasteiger partial charge in [-0.05, 0) is 76.9 Å². The molecule has 2 aromatic carbocycles. The summed E-state index contributed by atoms with van der Waals surface area (Å²) in [6.07, 6.45) is 8.64. The van der Waals surface area contributed by atoms with Crippen LogP contribution in [0.15, 0.2) is 52.4 Å². The van der Waals surface area contributed by atoms with E-state index >= 15 is 0 Å². The molecule has 1 N–H and O–H groups in total. The third-order valence-electron chi connectivity index (χ3n) is 9.12. The van der Waals surface area contributed by atoms with Gasteiger partial charge >= 0.3 is 0 Å². The van der Waals surface area contributed by atoms with Crippen LogP contribution in [0.5, 0.6) is 5.75 Å². The molecule has 0 radical (unpaired) electrons. The highest BCUT2D eigenvalue weighted by Gasteiger charge is 2.29. The fourth-order valence-corrected chi connectivity index (χ4v) is 7.72. The van der Waals surface area contributed by atoms with Crippen LogP contribution in [0, 0.1) is 0 Å². The van der Waals surface area contributed by atoms with Crippen molar-refractivity contribution in [1.82, 2.24) is 19.8 Å². The second-order valence-corrected chi connectivity index (χ2v) is 14.8. The van der Waals surface area contributed by atoms with E-state index in [4.69, 9.17) is 14.7 Å². The number of hydrogen-bond donors (Lipinski definition) is 1. The number of fused-ring (bicyclic) bond motifs is 1. The van der Waals surface area contributed by atoms with Crippen LogP contribution in [0.1, 0.15) is 73.4 Å². The third kappa shape index (κ3) is 6.60. The van der Waals surface area contributed by atoms with Gasteiger partial charge in [0, 0.05) is 49.3 Å². The van der Waals surface area contributed by atoms with Gasteiger partial charge < -0.3 is 19.9 Å². The summed E-state index contributed by atoms with van der Waals surface area (Å²) in [4.78, 5) is 32.3. The average Bonchev–Trinajstić information content (AvgIpc) is 3.54. The molecule has 1 amide bonds. The zero-order valence-corrected chi connectivity index (χ0v) is 27.1. The van der Waals surface area contributed by atoms with Gasteiger partial charge in [0.1, 0.15) is 17.3 Å². The number of carbonyl (C=O) groups is 1. The summed E-state index contributed by atoms with van der Waals surface area (Å²) in [5.74, 6) is 1.63. The first-order valence-corrected chi connectivity index (χ1v) is 17.5. The van der Waals surface area contributed by atoms with Crippen molar-refractivity contribution in [3.63, 3.8) is 0 Å². The molecule has 2 fully saturated rings. The third-order valence-corrected chi connectivity index (χ3v) is 11.3. The van der Waals surface area contributed by atoms with Crippen molar-refractivity contribution in [2.45, 2.75) is 75.0 Å². The van der Waals surface area contributed by atoms with E-state index in [-0.39, 0.29) is 10.8 Å². The lowest BCUT2D eigenvalue weighted by Crippen LogP contribution is -2.48. The van der Waals surface area contributed by atoms with E-state index in [0.717, 1.165) is 37.2 Å². The van der Waals surface area contributed by atoms with Crippen LogP contribution in [-0.4, -0.2) is 84.9 Å². The van der Waals surface area contributed by atoms with Crippen molar-refractivity contribution in [2.24, 2.45) is 4.99 Å². The molecule has 238 valence electrons. The molecular formula is C34H42N6O4S. The summed E-state index contributed by atoms with van der Waals surface area (Å²) in [5, 5.41) is 2.67. The number of carbonyl (C=O) groups excluding carboxylic acids is 1. The van der Waals surface area contributed by atoms with Gasteiger partial charge in [-0.3, -0.25) is 9.79 Å². The van der Waals surface area contributed by atoms with Crippen molar-refractivity contribution >= 4 is 39.2 Å². The van der Waals surface area contributed by atoms with Gasteiger partial charge in [0.2, 0.25) is 0 Å². The zero-order valence-electron chi connectivity index (χ0n) is 26.3.